The molecule has 0 spiro atoms. The molecule has 0 bridgehead atoms. The molecule has 11 heavy (non-hydrogen) atoms. The molecule has 0 aliphatic heterocycles. The minimum absolute atomic E-state index is 0.0590. The Hall–Kier alpha value is -0.190. The number of halogens is 3. The summed E-state index contributed by atoms with van der Waals surface area (Å²) in [5.41, 5.74) is 1.05. The van der Waals surface area contributed by atoms with Gasteiger partial charge < -0.3 is 0 Å². The van der Waals surface area contributed by atoms with Gasteiger partial charge in [0.1, 0.15) is 0 Å². The first-order valence-corrected chi connectivity index (χ1v) is 4.22. The minimum atomic E-state index is -2.74. The van der Waals surface area contributed by atoms with Gasteiger partial charge >= 0.3 is 3.93 Å². The Labute approximate surface area is 77.8 Å². The molecule has 0 aliphatic carbocycles. The van der Waals surface area contributed by atoms with Crippen LogP contribution in [-0.4, -0.2) is 0 Å². The van der Waals surface area contributed by atoms with Crippen LogP contribution >= 0.6 is 22.6 Å². The first-order chi connectivity index (χ1) is 5.00. The van der Waals surface area contributed by atoms with Gasteiger partial charge in [0.2, 0.25) is 0 Å². The molecule has 0 amide bonds. The van der Waals surface area contributed by atoms with Crippen molar-refractivity contribution < 1.29 is 8.78 Å². The Morgan fingerprint density at radius 3 is 2.00 bits per heavy atom. The van der Waals surface area contributed by atoms with Gasteiger partial charge in [-0.1, -0.05) is 29.8 Å². The monoisotopic (exact) mass is 268 g/mol. The van der Waals surface area contributed by atoms with E-state index in [0.717, 1.165) is 28.2 Å². The molecule has 0 radical (unpaired) electrons. The highest BCUT2D eigenvalue weighted by atomic mass is 127. The highest BCUT2D eigenvalue weighted by Gasteiger charge is 2.25. The Morgan fingerprint density at radius 1 is 1.18 bits per heavy atom. The summed E-state index contributed by atoms with van der Waals surface area (Å²) >= 11 is 1.12. The van der Waals surface area contributed by atoms with Gasteiger partial charge in [0.25, 0.3) is 0 Å². The number of benzene rings is 1. The molecule has 0 aliphatic rings. The molecule has 0 fully saturated rings. The fourth-order valence-corrected chi connectivity index (χ4v) is 1.10. The minimum Gasteiger partial charge on any atom is -0.189 e. The Bertz CT molecular complexity index is 235. The zero-order valence-corrected chi connectivity index (χ0v) is 8.10. The molecule has 0 atom stereocenters. The normalized spacial score (nSPS) is 11.6. The van der Waals surface area contributed by atoms with E-state index >= 15 is 0 Å². The largest absolute Gasteiger partial charge is 0.321 e. The fraction of sp³-hybridized carbons (Fsp3) is 0.250. The third-order valence-electron chi connectivity index (χ3n) is 1.38. The molecule has 0 unspecified atom stereocenters. The summed E-state index contributed by atoms with van der Waals surface area (Å²) < 4.78 is 22.4. The van der Waals surface area contributed by atoms with Crippen molar-refractivity contribution in [3.63, 3.8) is 0 Å². The maximum absolute atomic E-state index is 12.6. The van der Waals surface area contributed by atoms with Crippen molar-refractivity contribution in [1.29, 1.82) is 0 Å². The summed E-state index contributed by atoms with van der Waals surface area (Å²) in [6.07, 6.45) is 0. The first-order valence-electron chi connectivity index (χ1n) is 3.14. The lowest BCUT2D eigenvalue weighted by molar-refractivity contribution is 0.127. The smallest absolute Gasteiger partial charge is 0.189 e. The van der Waals surface area contributed by atoms with E-state index in [9.17, 15) is 8.78 Å². The average molecular weight is 268 g/mol. The molecule has 60 valence electrons. The van der Waals surface area contributed by atoms with Crippen molar-refractivity contribution >= 4 is 22.6 Å². The SMILES string of the molecule is Cc1ccc(C(F)(F)I)cc1. The number of hydrogen-bond donors (Lipinski definition) is 0. The summed E-state index contributed by atoms with van der Waals surface area (Å²) in [5.74, 6) is 0. The van der Waals surface area contributed by atoms with E-state index in [1.807, 2.05) is 6.92 Å². The van der Waals surface area contributed by atoms with Crippen LogP contribution in [0.5, 0.6) is 0 Å². The van der Waals surface area contributed by atoms with Gasteiger partial charge in [-0.3, -0.25) is 0 Å². The third-order valence-corrected chi connectivity index (χ3v) is 2.00. The zero-order chi connectivity index (χ0) is 8.48. The molecule has 0 heterocycles. The van der Waals surface area contributed by atoms with Crippen LogP contribution in [0.15, 0.2) is 24.3 Å². The van der Waals surface area contributed by atoms with Crippen molar-refractivity contribution in [2.24, 2.45) is 0 Å². The number of alkyl halides is 3. The van der Waals surface area contributed by atoms with Crippen molar-refractivity contribution in [3.05, 3.63) is 35.4 Å². The highest BCUT2D eigenvalue weighted by molar-refractivity contribution is 14.1. The van der Waals surface area contributed by atoms with Gasteiger partial charge in [0.15, 0.2) is 0 Å². The van der Waals surface area contributed by atoms with E-state index in [4.69, 9.17) is 0 Å². The van der Waals surface area contributed by atoms with Crippen LogP contribution in [0, 0.1) is 6.92 Å². The fourth-order valence-electron chi connectivity index (χ4n) is 0.743. The maximum atomic E-state index is 12.6. The summed E-state index contributed by atoms with van der Waals surface area (Å²) in [4.78, 5) is 0. The van der Waals surface area contributed by atoms with Crippen molar-refractivity contribution in [2.45, 2.75) is 10.9 Å². The molecule has 1 aromatic rings. The zero-order valence-electron chi connectivity index (χ0n) is 5.94. The Morgan fingerprint density at radius 2 is 1.64 bits per heavy atom. The van der Waals surface area contributed by atoms with Crippen LogP contribution in [0.1, 0.15) is 11.1 Å². The number of aryl methyl sites for hydroxylation is 1. The van der Waals surface area contributed by atoms with Gasteiger partial charge in [-0.05, 0) is 6.92 Å². The van der Waals surface area contributed by atoms with E-state index < -0.39 is 3.93 Å². The molecule has 0 saturated heterocycles. The first kappa shape index (κ1) is 8.90. The van der Waals surface area contributed by atoms with Gasteiger partial charge in [0, 0.05) is 28.2 Å². The van der Waals surface area contributed by atoms with Gasteiger partial charge in [-0.2, -0.15) is 8.78 Å². The quantitative estimate of drug-likeness (QED) is 0.540. The van der Waals surface area contributed by atoms with Crippen LogP contribution in [0.25, 0.3) is 0 Å². The molecule has 0 aromatic heterocycles. The standard InChI is InChI=1S/C8H7F2I/c1-6-2-4-7(5-3-6)8(9,10)11/h2-5H,1H3. The van der Waals surface area contributed by atoms with Gasteiger partial charge in [-0.15, -0.1) is 0 Å². The van der Waals surface area contributed by atoms with E-state index in [-0.39, 0.29) is 5.56 Å². The van der Waals surface area contributed by atoms with Crippen LogP contribution in [0.2, 0.25) is 0 Å². The van der Waals surface area contributed by atoms with E-state index in [0.29, 0.717) is 0 Å². The predicted octanol–water partition coefficient (Wildman–Crippen LogP) is 3.48. The molecular weight excluding hydrogens is 261 g/mol. The van der Waals surface area contributed by atoms with Crippen molar-refractivity contribution in [3.8, 4) is 0 Å². The maximum Gasteiger partial charge on any atom is 0.321 e. The van der Waals surface area contributed by atoms with E-state index in [1.54, 1.807) is 12.1 Å². The summed E-state index contributed by atoms with van der Waals surface area (Å²) in [6.45, 7) is 1.87. The lowest BCUT2D eigenvalue weighted by Crippen LogP contribution is -2.01. The molecule has 1 rings (SSSR count). The average Bonchev–Trinajstić information content (AvgIpc) is 1.86. The van der Waals surface area contributed by atoms with Crippen LogP contribution in [0.4, 0.5) is 8.78 Å². The third kappa shape index (κ3) is 2.39. The predicted molar refractivity (Wildman–Crippen MR) is 49.1 cm³/mol. The van der Waals surface area contributed by atoms with Gasteiger partial charge in [0.05, 0.1) is 0 Å². The van der Waals surface area contributed by atoms with Crippen LogP contribution in [-0.2, 0) is 3.93 Å². The Kier molecular flexibility index (Phi) is 2.47. The molecule has 3 heteroatoms. The summed E-state index contributed by atoms with van der Waals surface area (Å²) in [5, 5.41) is 0. The van der Waals surface area contributed by atoms with Crippen LogP contribution < -0.4 is 0 Å². The second-order valence-electron chi connectivity index (χ2n) is 2.36. The second-order valence-corrected chi connectivity index (χ2v) is 3.72. The highest BCUT2D eigenvalue weighted by Crippen LogP contribution is 2.34. The number of rotatable bonds is 1. The molecule has 0 N–H and O–H groups in total. The lowest BCUT2D eigenvalue weighted by atomic mass is 10.2. The molecular formula is C8H7F2I. The Balaban J connectivity index is 2.99. The van der Waals surface area contributed by atoms with Gasteiger partial charge in [-0.25, -0.2) is 0 Å². The topological polar surface area (TPSA) is 0 Å². The molecule has 0 nitrogen and oxygen atoms in total. The molecule has 0 saturated carbocycles. The van der Waals surface area contributed by atoms with Crippen molar-refractivity contribution in [2.75, 3.05) is 0 Å². The van der Waals surface area contributed by atoms with E-state index in [2.05, 4.69) is 0 Å². The lowest BCUT2D eigenvalue weighted by Gasteiger charge is -2.07. The van der Waals surface area contributed by atoms with Crippen molar-refractivity contribution in [1.82, 2.24) is 0 Å². The summed E-state index contributed by atoms with van der Waals surface area (Å²) in [6, 6.07) is 6.26. The second kappa shape index (κ2) is 3.05. The number of hydrogen-bond acceptors (Lipinski definition) is 0. The van der Waals surface area contributed by atoms with E-state index in [1.165, 1.54) is 12.1 Å². The van der Waals surface area contributed by atoms with Crippen LogP contribution in [0.3, 0.4) is 0 Å². The molecule has 1 aromatic carbocycles. The summed E-state index contributed by atoms with van der Waals surface area (Å²) in [7, 11) is 0.